The van der Waals surface area contributed by atoms with Gasteiger partial charge in [0.25, 0.3) is 0 Å². The highest BCUT2D eigenvalue weighted by Crippen LogP contribution is 2.10. The lowest BCUT2D eigenvalue weighted by molar-refractivity contribution is 0.424. The highest BCUT2D eigenvalue weighted by atomic mass is 15.3. The first-order valence-electron chi connectivity index (χ1n) is 6.75. The summed E-state index contributed by atoms with van der Waals surface area (Å²) < 4.78 is 2.02. The van der Waals surface area contributed by atoms with Gasteiger partial charge >= 0.3 is 0 Å². The van der Waals surface area contributed by atoms with E-state index in [1.807, 2.05) is 16.9 Å². The average Bonchev–Trinajstić information content (AvgIpc) is 2.72. The molecule has 0 bridgehead atoms. The summed E-state index contributed by atoms with van der Waals surface area (Å²) in [5.74, 6) is 0. The van der Waals surface area contributed by atoms with Crippen LogP contribution in [-0.4, -0.2) is 15.3 Å². The number of nitrogens with one attached hydrogen (secondary N) is 1. The zero-order chi connectivity index (χ0) is 13.9. The first-order chi connectivity index (χ1) is 8.94. The second-order valence-electron chi connectivity index (χ2n) is 6.05. The number of aromatic nitrogens is 2. The normalized spacial score (nSPS) is 11.8. The van der Waals surface area contributed by atoms with Gasteiger partial charge in [0, 0.05) is 24.0 Å². The summed E-state index contributed by atoms with van der Waals surface area (Å²) in [6.07, 6.45) is 1.85. The van der Waals surface area contributed by atoms with Gasteiger partial charge in [0.1, 0.15) is 0 Å². The maximum atomic E-state index is 4.33. The van der Waals surface area contributed by atoms with Crippen molar-refractivity contribution in [1.29, 1.82) is 0 Å². The molecule has 0 atom stereocenters. The van der Waals surface area contributed by atoms with E-state index in [0.29, 0.717) is 0 Å². The molecule has 0 aliphatic heterocycles. The summed E-state index contributed by atoms with van der Waals surface area (Å²) in [4.78, 5) is 0. The zero-order valence-electron chi connectivity index (χ0n) is 12.3. The number of hydrogen-bond donors (Lipinski definition) is 1. The molecule has 102 valence electrons. The Kier molecular flexibility index (Phi) is 4.05. The topological polar surface area (TPSA) is 29.9 Å². The Bertz CT molecular complexity index is 535. The van der Waals surface area contributed by atoms with Crippen molar-refractivity contribution in [1.82, 2.24) is 15.1 Å². The summed E-state index contributed by atoms with van der Waals surface area (Å²) in [5, 5.41) is 7.84. The summed E-state index contributed by atoms with van der Waals surface area (Å²) in [6.45, 7) is 10.4. The first-order valence-corrected chi connectivity index (χ1v) is 6.75. The molecule has 2 rings (SSSR count). The van der Waals surface area contributed by atoms with Gasteiger partial charge in [-0.3, -0.25) is 4.68 Å². The van der Waals surface area contributed by atoms with E-state index in [0.717, 1.165) is 13.1 Å². The lowest BCUT2D eigenvalue weighted by atomic mass is 10.1. The molecule has 0 saturated heterocycles. The Balaban J connectivity index is 2.05. The molecule has 2 aromatic rings. The van der Waals surface area contributed by atoms with Crippen LogP contribution in [0.15, 0.2) is 36.5 Å². The fourth-order valence-electron chi connectivity index (χ4n) is 1.94. The third-order valence-electron chi connectivity index (χ3n) is 3.08. The van der Waals surface area contributed by atoms with Crippen molar-refractivity contribution in [3.8, 4) is 0 Å². The molecule has 19 heavy (non-hydrogen) atoms. The second kappa shape index (κ2) is 5.57. The monoisotopic (exact) mass is 257 g/mol. The molecule has 0 spiro atoms. The van der Waals surface area contributed by atoms with Crippen molar-refractivity contribution in [2.75, 3.05) is 0 Å². The lowest BCUT2D eigenvalue weighted by Gasteiger charge is -2.20. The molecule has 0 aliphatic rings. The SMILES string of the molecule is Cc1ccnn1Cc1cccc(CNC(C)(C)C)c1. The number of hydrogen-bond acceptors (Lipinski definition) is 2. The van der Waals surface area contributed by atoms with Crippen molar-refractivity contribution >= 4 is 0 Å². The number of benzene rings is 1. The summed E-state index contributed by atoms with van der Waals surface area (Å²) in [7, 11) is 0. The van der Waals surface area contributed by atoms with Crippen LogP contribution in [0, 0.1) is 6.92 Å². The quantitative estimate of drug-likeness (QED) is 0.912. The molecule has 0 fully saturated rings. The van der Waals surface area contributed by atoms with Crippen LogP contribution in [0.4, 0.5) is 0 Å². The maximum Gasteiger partial charge on any atom is 0.0662 e. The van der Waals surface area contributed by atoms with Crippen molar-refractivity contribution in [2.24, 2.45) is 0 Å². The van der Waals surface area contributed by atoms with E-state index in [9.17, 15) is 0 Å². The molecule has 1 aromatic carbocycles. The van der Waals surface area contributed by atoms with E-state index in [1.165, 1.54) is 16.8 Å². The van der Waals surface area contributed by atoms with Gasteiger partial charge in [-0.15, -0.1) is 0 Å². The third kappa shape index (κ3) is 4.21. The van der Waals surface area contributed by atoms with Crippen LogP contribution < -0.4 is 5.32 Å². The van der Waals surface area contributed by atoms with Crippen LogP contribution in [-0.2, 0) is 13.1 Å². The minimum atomic E-state index is 0.147. The Labute approximate surface area is 115 Å². The van der Waals surface area contributed by atoms with Gasteiger partial charge in [0.15, 0.2) is 0 Å². The second-order valence-corrected chi connectivity index (χ2v) is 6.05. The molecule has 3 heteroatoms. The predicted molar refractivity (Wildman–Crippen MR) is 79.1 cm³/mol. The van der Waals surface area contributed by atoms with E-state index in [1.54, 1.807) is 0 Å². The minimum absolute atomic E-state index is 0.147. The Morgan fingerprint density at radius 1 is 1.16 bits per heavy atom. The zero-order valence-corrected chi connectivity index (χ0v) is 12.3. The average molecular weight is 257 g/mol. The van der Waals surface area contributed by atoms with Gasteiger partial charge in [0.2, 0.25) is 0 Å². The Hall–Kier alpha value is -1.61. The lowest BCUT2D eigenvalue weighted by Crippen LogP contribution is -2.35. The molecule has 0 amide bonds. The number of aryl methyl sites for hydroxylation is 1. The summed E-state index contributed by atoms with van der Waals surface area (Å²) in [5.41, 5.74) is 3.95. The fraction of sp³-hybridized carbons (Fsp3) is 0.438. The van der Waals surface area contributed by atoms with Gasteiger partial charge in [-0.2, -0.15) is 5.10 Å². The van der Waals surface area contributed by atoms with Gasteiger partial charge in [0.05, 0.1) is 6.54 Å². The Morgan fingerprint density at radius 2 is 1.89 bits per heavy atom. The van der Waals surface area contributed by atoms with Crippen molar-refractivity contribution in [2.45, 2.75) is 46.3 Å². The number of rotatable bonds is 4. The third-order valence-corrected chi connectivity index (χ3v) is 3.08. The van der Waals surface area contributed by atoms with Gasteiger partial charge in [-0.1, -0.05) is 24.3 Å². The van der Waals surface area contributed by atoms with Crippen LogP contribution in [0.25, 0.3) is 0 Å². The number of nitrogens with zero attached hydrogens (tertiary/aromatic N) is 2. The minimum Gasteiger partial charge on any atom is -0.308 e. The van der Waals surface area contributed by atoms with Crippen LogP contribution in [0.3, 0.4) is 0 Å². The molecule has 1 aromatic heterocycles. The molecule has 0 saturated carbocycles. The molecular weight excluding hydrogens is 234 g/mol. The van der Waals surface area contributed by atoms with Crippen molar-refractivity contribution < 1.29 is 0 Å². The molecule has 1 heterocycles. The smallest absolute Gasteiger partial charge is 0.0662 e. The van der Waals surface area contributed by atoms with Crippen LogP contribution in [0.2, 0.25) is 0 Å². The van der Waals surface area contributed by atoms with E-state index in [-0.39, 0.29) is 5.54 Å². The predicted octanol–water partition coefficient (Wildman–Crippen LogP) is 3.13. The fourth-order valence-corrected chi connectivity index (χ4v) is 1.94. The molecule has 1 N–H and O–H groups in total. The first kappa shape index (κ1) is 13.8. The molecule has 0 radical (unpaired) electrons. The standard InChI is InChI=1S/C16H23N3/c1-13-8-9-18-19(13)12-15-7-5-6-14(10-15)11-17-16(2,3)4/h5-10,17H,11-12H2,1-4H3. The highest BCUT2D eigenvalue weighted by Gasteiger charge is 2.08. The summed E-state index contributed by atoms with van der Waals surface area (Å²) >= 11 is 0. The van der Waals surface area contributed by atoms with E-state index < -0.39 is 0 Å². The molecule has 3 nitrogen and oxygen atoms in total. The largest absolute Gasteiger partial charge is 0.308 e. The van der Waals surface area contributed by atoms with Crippen LogP contribution >= 0.6 is 0 Å². The Morgan fingerprint density at radius 3 is 2.53 bits per heavy atom. The molecule has 0 unspecified atom stereocenters. The van der Waals surface area contributed by atoms with E-state index in [2.05, 4.69) is 62.4 Å². The van der Waals surface area contributed by atoms with E-state index >= 15 is 0 Å². The highest BCUT2D eigenvalue weighted by molar-refractivity contribution is 5.24. The van der Waals surface area contributed by atoms with Crippen LogP contribution in [0.1, 0.15) is 37.6 Å². The molecule has 0 aliphatic carbocycles. The summed E-state index contributed by atoms with van der Waals surface area (Å²) in [6, 6.07) is 10.7. The van der Waals surface area contributed by atoms with Gasteiger partial charge < -0.3 is 5.32 Å². The van der Waals surface area contributed by atoms with Crippen LogP contribution in [0.5, 0.6) is 0 Å². The van der Waals surface area contributed by atoms with Crippen molar-refractivity contribution in [3.63, 3.8) is 0 Å². The maximum absolute atomic E-state index is 4.33. The van der Waals surface area contributed by atoms with Gasteiger partial charge in [-0.25, -0.2) is 0 Å². The molecular formula is C16H23N3. The van der Waals surface area contributed by atoms with Crippen molar-refractivity contribution in [3.05, 3.63) is 53.3 Å². The van der Waals surface area contributed by atoms with Gasteiger partial charge in [-0.05, 0) is 44.9 Å². The van der Waals surface area contributed by atoms with E-state index in [4.69, 9.17) is 0 Å².